The van der Waals surface area contributed by atoms with Crippen LogP contribution in [-0.2, 0) is 0 Å². The number of phenolic OH excluding ortho intramolecular Hbond substituents is 1. The molecule has 1 aromatic heterocycles. The first-order valence-corrected chi connectivity index (χ1v) is 8.50. The SMILES string of the molecule is Oc1ccc(C2=CCN(c3nccnc3OC3CCC3)CC2)cc1. The molecule has 1 aliphatic heterocycles. The summed E-state index contributed by atoms with van der Waals surface area (Å²) in [4.78, 5) is 11.1. The third-order valence-electron chi connectivity index (χ3n) is 4.72. The Labute approximate surface area is 141 Å². The van der Waals surface area contributed by atoms with E-state index in [1.807, 2.05) is 12.1 Å². The van der Waals surface area contributed by atoms with E-state index in [4.69, 9.17) is 4.74 Å². The number of anilines is 1. The predicted molar refractivity (Wildman–Crippen MR) is 93.2 cm³/mol. The minimum Gasteiger partial charge on any atom is -0.508 e. The number of ether oxygens (including phenoxy) is 1. The van der Waals surface area contributed by atoms with Gasteiger partial charge in [-0.25, -0.2) is 9.97 Å². The smallest absolute Gasteiger partial charge is 0.257 e. The minimum absolute atomic E-state index is 0.299. The van der Waals surface area contributed by atoms with Crippen molar-refractivity contribution >= 4 is 11.4 Å². The summed E-state index contributed by atoms with van der Waals surface area (Å²) in [5.41, 5.74) is 2.47. The van der Waals surface area contributed by atoms with Gasteiger partial charge >= 0.3 is 0 Å². The van der Waals surface area contributed by atoms with Gasteiger partial charge in [0.1, 0.15) is 11.9 Å². The standard InChI is InChI=1S/C19H21N3O2/c23-16-6-4-14(5-7-16)15-8-12-22(13-9-15)18-19(21-11-10-20-18)24-17-2-1-3-17/h4-8,10-11,17,23H,1-3,9,12-13H2. The Balaban J connectivity index is 1.50. The van der Waals surface area contributed by atoms with Crippen LogP contribution in [-0.4, -0.2) is 34.3 Å². The summed E-state index contributed by atoms with van der Waals surface area (Å²) in [6.07, 6.45) is 10.3. The number of phenols is 1. The molecule has 0 amide bonds. The summed E-state index contributed by atoms with van der Waals surface area (Å²) in [5.74, 6) is 1.79. The first-order valence-electron chi connectivity index (χ1n) is 8.50. The number of nitrogens with zero attached hydrogens (tertiary/aromatic N) is 3. The minimum atomic E-state index is 0.299. The number of aromatic nitrogens is 2. The lowest BCUT2D eigenvalue weighted by molar-refractivity contribution is 0.114. The summed E-state index contributed by atoms with van der Waals surface area (Å²) in [6.45, 7) is 1.67. The van der Waals surface area contributed by atoms with Gasteiger partial charge < -0.3 is 14.7 Å². The molecule has 0 atom stereocenters. The van der Waals surface area contributed by atoms with E-state index in [1.165, 1.54) is 12.0 Å². The molecule has 2 aliphatic rings. The Morgan fingerprint density at radius 3 is 2.54 bits per heavy atom. The fraction of sp³-hybridized carbons (Fsp3) is 0.368. The normalized spacial score (nSPS) is 18.0. The summed E-state index contributed by atoms with van der Waals surface area (Å²) >= 11 is 0. The third-order valence-corrected chi connectivity index (χ3v) is 4.72. The van der Waals surface area contributed by atoms with E-state index >= 15 is 0 Å². The van der Waals surface area contributed by atoms with E-state index < -0.39 is 0 Å². The Morgan fingerprint density at radius 2 is 1.88 bits per heavy atom. The molecule has 124 valence electrons. The highest BCUT2D eigenvalue weighted by Crippen LogP contribution is 2.32. The summed E-state index contributed by atoms with van der Waals surface area (Å²) < 4.78 is 6.00. The second-order valence-electron chi connectivity index (χ2n) is 6.33. The summed E-state index contributed by atoms with van der Waals surface area (Å²) in [6, 6.07) is 7.39. The molecule has 0 spiro atoms. The Bertz CT molecular complexity index is 739. The molecule has 2 heterocycles. The van der Waals surface area contributed by atoms with Crippen molar-refractivity contribution in [1.82, 2.24) is 9.97 Å². The number of hydrogen-bond donors (Lipinski definition) is 1. The molecule has 0 radical (unpaired) electrons. The largest absolute Gasteiger partial charge is 0.508 e. The summed E-state index contributed by atoms with van der Waals surface area (Å²) in [7, 11) is 0. The van der Waals surface area contributed by atoms with Crippen LogP contribution in [0.25, 0.3) is 5.57 Å². The van der Waals surface area contributed by atoms with E-state index in [2.05, 4.69) is 20.9 Å². The van der Waals surface area contributed by atoms with Gasteiger partial charge in [-0.15, -0.1) is 0 Å². The molecule has 1 aromatic carbocycles. The second-order valence-corrected chi connectivity index (χ2v) is 6.33. The highest BCUT2D eigenvalue weighted by molar-refractivity contribution is 5.69. The van der Waals surface area contributed by atoms with Crippen LogP contribution >= 0.6 is 0 Å². The highest BCUT2D eigenvalue weighted by Gasteiger charge is 2.24. The molecule has 2 aromatic rings. The lowest BCUT2D eigenvalue weighted by Crippen LogP contribution is -2.31. The monoisotopic (exact) mass is 323 g/mol. The molecule has 24 heavy (non-hydrogen) atoms. The van der Waals surface area contributed by atoms with Crippen molar-refractivity contribution in [3.8, 4) is 11.6 Å². The molecule has 0 unspecified atom stereocenters. The molecule has 1 N–H and O–H groups in total. The second kappa shape index (κ2) is 6.51. The first-order chi connectivity index (χ1) is 11.8. The average Bonchev–Trinajstić information content (AvgIpc) is 2.59. The van der Waals surface area contributed by atoms with Crippen LogP contribution in [0.3, 0.4) is 0 Å². The van der Waals surface area contributed by atoms with E-state index in [-0.39, 0.29) is 0 Å². The van der Waals surface area contributed by atoms with E-state index in [0.717, 1.165) is 43.7 Å². The quantitative estimate of drug-likeness (QED) is 0.934. The van der Waals surface area contributed by atoms with Gasteiger partial charge in [0, 0.05) is 25.5 Å². The number of benzene rings is 1. The van der Waals surface area contributed by atoms with Gasteiger partial charge in [-0.2, -0.15) is 0 Å². The van der Waals surface area contributed by atoms with Crippen LogP contribution in [0, 0.1) is 0 Å². The lowest BCUT2D eigenvalue weighted by Gasteiger charge is -2.31. The molecule has 1 saturated carbocycles. The topological polar surface area (TPSA) is 58.5 Å². The molecule has 0 bridgehead atoms. The average molecular weight is 323 g/mol. The Kier molecular flexibility index (Phi) is 4.07. The zero-order chi connectivity index (χ0) is 16.4. The van der Waals surface area contributed by atoms with Crippen molar-refractivity contribution in [1.29, 1.82) is 0 Å². The van der Waals surface area contributed by atoms with E-state index in [9.17, 15) is 5.11 Å². The molecule has 1 aliphatic carbocycles. The van der Waals surface area contributed by atoms with Crippen LogP contribution in [0.2, 0.25) is 0 Å². The van der Waals surface area contributed by atoms with Gasteiger partial charge in [-0.05, 0) is 49.0 Å². The molecular weight excluding hydrogens is 302 g/mol. The van der Waals surface area contributed by atoms with Gasteiger partial charge in [0.15, 0.2) is 5.82 Å². The highest BCUT2D eigenvalue weighted by atomic mass is 16.5. The fourth-order valence-corrected chi connectivity index (χ4v) is 3.06. The maximum Gasteiger partial charge on any atom is 0.257 e. The van der Waals surface area contributed by atoms with Crippen molar-refractivity contribution in [3.63, 3.8) is 0 Å². The maximum absolute atomic E-state index is 9.42. The van der Waals surface area contributed by atoms with Crippen LogP contribution in [0.15, 0.2) is 42.7 Å². The molecule has 0 saturated heterocycles. The van der Waals surface area contributed by atoms with Gasteiger partial charge in [0.25, 0.3) is 5.88 Å². The zero-order valence-corrected chi connectivity index (χ0v) is 13.6. The van der Waals surface area contributed by atoms with Crippen molar-refractivity contribution in [2.24, 2.45) is 0 Å². The first kappa shape index (κ1) is 15.0. The number of hydrogen-bond acceptors (Lipinski definition) is 5. The Morgan fingerprint density at radius 1 is 1.08 bits per heavy atom. The van der Waals surface area contributed by atoms with Gasteiger partial charge in [0.2, 0.25) is 0 Å². The summed E-state index contributed by atoms with van der Waals surface area (Å²) in [5, 5.41) is 9.42. The van der Waals surface area contributed by atoms with Crippen molar-refractivity contribution in [2.75, 3.05) is 18.0 Å². The van der Waals surface area contributed by atoms with Crippen LogP contribution in [0.4, 0.5) is 5.82 Å². The molecule has 4 rings (SSSR count). The van der Waals surface area contributed by atoms with Crippen molar-refractivity contribution in [2.45, 2.75) is 31.8 Å². The van der Waals surface area contributed by atoms with E-state index in [1.54, 1.807) is 24.5 Å². The van der Waals surface area contributed by atoms with Crippen LogP contribution < -0.4 is 9.64 Å². The Hall–Kier alpha value is -2.56. The van der Waals surface area contributed by atoms with Crippen LogP contribution in [0.1, 0.15) is 31.2 Å². The van der Waals surface area contributed by atoms with Crippen molar-refractivity contribution in [3.05, 3.63) is 48.3 Å². The molecule has 1 fully saturated rings. The number of rotatable bonds is 4. The van der Waals surface area contributed by atoms with Gasteiger partial charge in [-0.1, -0.05) is 18.2 Å². The van der Waals surface area contributed by atoms with Crippen molar-refractivity contribution < 1.29 is 9.84 Å². The predicted octanol–water partition coefficient (Wildman–Crippen LogP) is 3.41. The molecular formula is C19H21N3O2. The van der Waals surface area contributed by atoms with Gasteiger partial charge in [-0.3, -0.25) is 0 Å². The zero-order valence-electron chi connectivity index (χ0n) is 13.6. The third kappa shape index (κ3) is 3.07. The molecule has 5 heteroatoms. The fourth-order valence-electron chi connectivity index (χ4n) is 3.06. The maximum atomic E-state index is 9.42. The molecule has 5 nitrogen and oxygen atoms in total. The van der Waals surface area contributed by atoms with Crippen LogP contribution in [0.5, 0.6) is 11.6 Å². The number of aromatic hydroxyl groups is 1. The van der Waals surface area contributed by atoms with Gasteiger partial charge in [0.05, 0.1) is 0 Å². The lowest BCUT2D eigenvalue weighted by atomic mass is 9.96. The van der Waals surface area contributed by atoms with E-state index in [0.29, 0.717) is 17.7 Å².